The van der Waals surface area contributed by atoms with E-state index in [1.807, 2.05) is 6.92 Å². The van der Waals surface area contributed by atoms with Crippen LogP contribution in [0.4, 0.5) is 0 Å². The standard InChI is InChI=1S/C5H10O3P/c1-3-5-8-9(6)7-4-2/h4H,2-3,5H2,1H3/q+1. The SMILES string of the molecule is C=CO[P+](=O)OCCC. The monoisotopic (exact) mass is 149 g/mol. The van der Waals surface area contributed by atoms with Crippen molar-refractivity contribution < 1.29 is 13.6 Å². The van der Waals surface area contributed by atoms with E-state index in [2.05, 4.69) is 15.6 Å². The summed E-state index contributed by atoms with van der Waals surface area (Å²) >= 11 is 0. The van der Waals surface area contributed by atoms with Crippen LogP contribution in [0.5, 0.6) is 0 Å². The summed E-state index contributed by atoms with van der Waals surface area (Å²) < 4.78 is 19.5. The minimum Gasteiger partial charge on any atom is -0.238 e. The van der Waals surface area contributed by atoms with Gasteiger partial charge in [0.15, 0.2) is 0 Å². The Morgan fingerprint density at radius 2 is 2.44 bits per heavy atom. The number of hydrogen-bond donors (Lipinski definition) is 0. The van der Waals surface area contributed by atoms with Gasteiger partial charge in [-0.2, -0.15) is 0 Å². The molecule has 0 aliphatic heterocycles. The molecule has 0 rings (SSSR count). The number of rotatable bonds is 5. The Hall–Kier alpha value is -0.400. The molecule has 0 N–H and O–H groups in total. The zero-order chi connectivity index (χ0) is 7.11. The lowest BCUT2D eigenvalue weighted by Gasteiger charge is -1.81. The summed E-state index contributed by atoms with van der Waals surface area (Å²) in [4.78, 5) is 0. The molecule has 0 aliphatic rings. The molecule has 9 heavy (non-hydrogen) atoms. The van der Waals surface area contributed by atoms with Crippen LogP contribution >= 0.6 is 8.25 Å². The van der Waals surface area contributed by atoms with Gasteiger partial charge in [-0.15, -0.1) is 4.52 Å². The van der Waals surface area contributed by atoms with Crippen molar-refractivity contribution in [2.45, 2.75) is 13.3 Å². The first-order valence-electron chi connectivity index (χ1n) is 2.69. The molecule has 0 amide bonds. The van der Waals surface area contributed by atoms with E-state index < -0.39 is 8.25 Å². The Labute approximate surface area is 55.6 Å². The minimum absolute atomic E-state index is 0.461. The van der Waals surface area contributed by atoms with Crippen LogP contribution in [0.15, 0.2) is 12.8 Å². The number of hydrogen-bond acceptors (Lipinski definition) is 3. The Kier molecular flexibility index (Phi) is 5.48. The molecule has 3 nitrogen and oxygen atoms in total. The van der Waals surface area contributed by atoms with Gasteiger partial charge in [-0.1, -0.05) is 13.5 Å². The maximum Gasteiger partial charge on any atom is 0.749 e. The van der Waals surface area contributed by atoms with Crippen molar-refractivity contribution in [2.24, 2.45) is 0 Å². The van der Waals surface area contributed by atoms with Gasteiger partial charge in [0, 0.05) is 4.57 Å². The lowest BCUT2D eigenvalue weighted by Crippen LogP contribution is -1.81. The highest BCUT2D eigenvalue weighted by Crippen LogP contribution is 2.23. The van der Waals surface area contributed by atoms with Crippen molar-refractivity contribution in [2.75, 3.05) is 6.61 Å². The Balaban J connectivity index is 3.16. The zero-order valence-corrected chi connectivity index (χ0v) is 6.27. The van der Waals surface area contributed by atoms with Crippen LogP contribution in [-0.2, 0) is 13.6 Å². The fraction of sp³-hybridized carbons (Fsp3) is 0.600. The Morgan fingerprint density at radius 3 is 2.89 bits per heavy atom. The summed E-state index contributed by atoms with van der Waals surface area (Å²) in [6.07, 6.45) is 1.94. The summed E-state index contributed by atoms with van der Waals surface area (Å²) in [6, 6.07) is 0. The third kappa shape index (κ3) is 5.47. The highest BCUT2D eigenvalue weighted by Gasteiger charge is 2.16. The quantitative estimate of drug-likeness (QED) is 0.444. The van der Waals surface area contributed by atoms with Crippen LogP contribution in [0.2, 0.25) is 0 Å². The van der Waals surface area contributed by atoms with Crippen LogP contribution < -0.4 is 0 Å². The van der Waals surface area contributed by atoms with Crippen LogP contribution in [0, 0.1) is 0 Å². The van der Waals surface area contributed by atoms with Gasteiger partial charge in [-0.05, 0) is 6.42 Å². The van der Waals surface area contributed by atoms with Gasteiger partial charge in [0.05, 0.1) is 0 Å². The van der Waals surface area contributed by atoms with Gasteiger partial charge in [-0.3, -0.25) is 0 Å². The smallest absolute Gasteiger partial charge is 0.238 e. The molecule has 0 heterocycles. The van der Waals surface area contributed by atoms with Gasteiger partial charge in [0.2, 0.25) is 0 Å². The molecule has 0 aromatic heterocycles. The maximum atomic E-state index is 10.4. The van der Waals surface area contributed by atoms with Crippen molar-refractivity contribution >= 4 is 8.25 Å². The molecule has 0 aliphatic carbocycles. The van der Waals surface area contributed by atoms with Crippen LogP contribution in [-0.4, -0.2) is 6.61 Å². The normalized spacial score (nSPS) is 10.6. The van der Waals surface area contributed by atoms with Crippen molar-refractivity contribution in [1.82, 2.24) is 0 Å². The predicted molar refractivity (Wildman–Crippen MR) is 35.1 cm³/mol. The molecule has 0 fully saturated rings. The third-order valence-corrected chi connectivity index (χ3v) is 1.28. The fourth-order valence-electron chi connectivity index (χ4n) is 0.257. The molecular weight excluding hydrogens is 139 g/mol. The first-order chi connectivity index (χ1) is 4.31. The van der Waals surface area contributed by atoms with Crippen molar-refractivity contribution in [3.05, 3.63) is 12.8 Å². The lowest BCUT2D eigenvalue weighted by atomic mass is 10.5. The second kappa shape index (κ2) is 5.73. The molecule has 0 saturated heterocycles. The van der Waals surface area contributed by atoms with E-state index in [1.165, 1.54) is 0 Å². The Morgan fingerprint density at radius 1 is 1.78 bits per heavy atom. The van der Waals surface area contributed by atoms with Crippen LogP contribution in [0.25, 0.3) is 0 Å². The van der Waals surface area contributed by atoms with Gasteiger partial charge in [0.1, 0.15) is 12.9 Å². The summed E-state index contributed by atoms with van der Waals surface area (Å²) in [5.74, 6) is 0. The van der Waals surface area contributed by atoms with E-state index in [0.29, 0.717) is 6.61 Å². The summed E-state index contributed by atoms with van der Waals surface area (Å²) in [7, 11) is -1.95. The molecule has 1 atom stereocenters. The van der Waals surface area contributed by atoms with E-state index >= 15 is 0 Å². The average Bonchev–Trinajstić information content (AvgIpc) is 1.85. The minimum atomic E-state index is -1.95. The zero-order valence-electron chi connectivity index (χ0n) is 5.37. The molecule has 0 radical (unpaired) electrons. The van der Waals surface area contributed by atoms with Crippen LogP contribution in [0.1, 0.15) is 13.3 Å². The highest BCUT2D eigenvalue weighted by atomic mass is 31.1. The molecule has 4 heteroatoms. The molecule has 0 bridgehead atoms. The topological polar surface area (TPSA) is 35.5 Å². The molecule has 0 aromatic rings. The first kappa shape index (κ1) is 8.60. The molecule has 0 aromatic carbocycles. The van der Waals surface area contributed by atoms with Crippen molar-refractivity contribution in [1.29, 1.82) is 0 Å². The van der Waals surface area contributed by atoms with E-state index in [0.717, 1.165) is 12.7 Å². The summed E-state index contributed by atoms with van der Waals surface area (Å²) in [5.41, 5.74) is 0. The predicted octanol–water partition coefficient (Wildman–Crippen LogP) is 2.23. The molecular formula is C5H10O3P+. The first-order valence-corrected chi connectivity index (χ1v) is 3.78. The average molecular weight is 149 g/mol. The van der Waals surface area contributed by atoms with Crippen LogP contribution in [0.3, 0.4) is 0 Å². The van der Waals surface area contributed by atoms with Crippen molar-refractivity contribution in [3.8, 4) is 0 Å². The second-order valence-electron chi connectivity index (χ2n) is 1.33. The van der Waals surface area contributed by atoms with E-state index in [4.69, 9.17) is 0 Å². The van der Waals surface area contributed by atoms with E-state index in [-0.39, 0.29) is 0 Å². The maximum absolute atomic E-state index is 10.4. The van der Waals surface area contributed by atoms with E-state index in [9.17, 15) is 4.57 Å². The molecule has 0 saturated carbocycles. The fourth-order valence-corrected chi connectivity index (χ4v) is 0.771. The largest absolute Gasteiger partial charge is 0.749 e. The van der Waals surface area contributed by atoms with Gasteiger partial charge in [0.25, 0.3) is 0 Å². The third-order valence-electron chi connectivity index (χ3n) is 0.561. The summed E-state index contributed by atoms with van der Waals surface area (Å²) in [5, 5.41) is 0. The molecule has 0 spiro atoms. The van der Waals surface area contributed by atoms with Gasteiger partial charge in [-0.25, -0.2) is 4.52 Å². The van der Waals surface area contributed by atoms with Gasteiger partial charge >= 0.3 is 8.25 Å². The van der Waals surface area contributed by atoms with Crippen molar-refractivity contribution in [3.63, 3.8) is 0 Å². The molecule has 52 valence electrons. The second-order valence-corrected chi connectivity index (χ2v) is 2.25. The molecule has 1 unspecified atom stereocenters. The highest BCUT2D eigenvalue weighted by molar-refractivity contribution is 7.33. The van der Waals surface area contributed by atoms with Gasteiger partial charge < -0.3 is 0 Å². The van der Waals surface area contributed by atoms with E-state index in [1.54, 1.807) is 0 Å². The lowest BCUT2D eigenvalue weighted by molar-refractivity contribution is 0.272. The Bertz CT molecular complexity index is 102. The summed E-state index contributed by atoms with van der Waals surface area (Å²) in [6.45, 7) is 5.61.